The quantitative estimate of drug-likeness (QED) is 0.249. The average molecular weight is 515 g/mol. The lowest BCUT2D eigenvalue weighted by Crippen LogP contribution is -2.30. The van der Waals surface area contributed by atoms with Crippen LogP contribution in [0.5, 0.6) is 0 Å². The fourth-order valence-electron chi connectivity index (χ4n) is 5.19. The van der Waals surface area contributed by atoms with E-state index in [-0.39, 0.29) is 0 Å². The van der Waals surface area contributed by atoms with Crippen molar-refractivity contribution in [3.63, 3.8) is 0 Å². The van der Waals surface area contributed by atoms with E-state index in [0.717, 1.165) is 0 Å². The van der Waals surface area contributed by atoms with Crippen LogP contribution < -0.4 is 15.9 Å². The summed E-state index contributed by atoms with van der Waals surface area (Å²) < 4.78 is 0. The van der Waals surface area contributed by atoms with Gasteiger partial charge in [-0.1, -0.05) is 138 Å². The van der Waals surface area contributed by atoms with Crippen molar-refractivity contribution in [1.82, 2.24) is 0 Å². The van der Waals surface area contributed by atoms with Crippen LogP contribution in [0.15, 0.2) is 54.6 Å². The Bertz CT molecular complexity index is 1040. The molecule has 0 atom stereocenters. The van der Waals surface area contributed by atoms with E-state index in [1.165, 1.54) is 33.4 Å². The molecule has 0 radical (unpaired) electrons. The molecule has 3 aromatic rings. The van der Waals surface area contributed by atoms with E-state index in [4.69, 9.17) is 0 Å². The Kier molecular flexibility index (Phi) is 9.85. The third-order valence-corrected chi connectivity index (χ3v) is 10.4. The SMILES string of the molecule is CC(C)c1ccc(C(C)C)c(P(c2cc(C(C)C)ccc2C(C)C)c2cc(C(C)C)ccc2C(C)C)c1. The normalized spacial score (nSPS) is 12.4. The average Bonchev–Trinajstić information content (AvgIpc) is 2.83. The zero-order valence-electron chi connectivity index (χ0n) is 25.6. The molecule has 0 saturated carbocycles. The van der Waals surface area contributed by atoms with Gasteiger partial charge in [0.15, 0.2) is 0 Å². The summed E-state index contributed by atoms with van der Waals surface area (Å²) in [6.45, 7) is 28.2. The molecule has 0 aliphatic heterocycles. The second kappa shape index (κ2) is 12.3. The molecular formula is C36H51P. The summed E-state index contributed by atoms with van der Waals surface area (Å²) in [5.74, 6) is 2.97. The van der Waals surface area contributed by atoms with E-state index in [2.05, 4.69) is 138 Å². The molecule has 0 aliphatic carbocycles. The first-order chi connectivity index (χ1) is 17.3. The Balaban J connectivity index is 2.54. The van der Waals surface area contributed by atoms with Crippen molar-refractivity contribution < 1.29 is 0 Å². The van der Waals surface area contributed by atoms with Gasteiger partial charge in [0.1, 0.15) is 0 Å². The van der Waals surface area contributed by atoms with E-state index in [9.17, 15) is 0 Å². The van der Waals surface area contributed by atoms with E-state index >= 15 is 0 Å². The van der Waals surface area contributed by atoms with Crippen molar-refractivity contribution in [3.05, 3.63) is 88.0 Å². The van der Waals surface area contributed by atoms with Crippen LogP contribution in [0.2, 0.25) is 0 Å². The summed E-state index contributed by atoms with van der Waals surface area (Å²) in [5, 5.41) is 4.67. The Morgan fingerprint density at radius 3 is 0.784 bits per heavy atom. The van der Waals surface area contributed by atoms with Gasteiger partial charge in [-0.3, -0.25) is 0 Å². The fraction of sp³-hybridized carbons (Fsp3) is 0.500. The van der Waals surface area contributed by atoms with Crippen molar-refractivity contribution in [2.45, 2.75) is 119 Å². The van der Waals surface area contributed by atoms with Crippen LogP contribution in [0.25, 0.3) is 0 Å². The molecule has 0 unspecified atom stereocenters. The summed E-state index contributed by atoms with van der Waals surface area (Å²) in [7, 11) is -0.729. The second-order valence-electron chi connectivity index (χ2n) is 12.7. The first kappa shape index (κ1) is 29.6. The third kappa shape index (κ3) is 6.57. The zero-order chi connectivity index (χ0) is 27.6. The standard InChI is InChI=1S/C36H51P/c1-22(2)28-13-16-31(25(7)8)34(19-28)37(35-20-29(23(3)4)14-17-32(35)26(9)10)36-21-30(24(5)6)15-18-33(36)27(11)12/h13-27H,1-12H3. The monoisotopic (exact) mass is 514 g/mol. The summed E-state index contributed by atoms with van der Waals surface area (Å²) in [6.07, 6.45) is 0. The molecule has 0 bridgehead atoms. The molecule has 37 heavy (non-hydrogen) atoms. The van der Waals surface area contributed by atoms with Crippen LogP contribution in [0.1, 0.15) is 152 Å². The maximum Gasteiger partial charge on any atom is -0.0113 e. The van der Waals surface area contributed by atoms with E-state index in [1.54, 1.807) is 15.9 Å². The Hall–Kier alpha value is -1.91. The minimum atomic E-state index is -0.729. The topological polar surface area (TPSA) is 0 Å². The van der Waals surface area contributed by atoms with Gasteiger partial charge in [0.25, 0.3) is 0 Å². The van der Waals surface area contributed by atoms with Crippen LogP contribution >= 0.6 is 7.92 Å². The molecule has 3 rings (SSSR count). The molecule has 0 heterocycles. The molecule has 0 amide bonds. The van der Waals surface area contributed by atoms with Gasteiger partial charge >= 0.3 is 0 Å². The molecule has 0 saturated heterocycles. The van der Waals surface area contributed by atoms with Crippen LogP contribution in [0.4, 0.5) is 0 Å². The highest BCUT2D eigenvalue weighted by Gasteiger charge is 2.28. The van der Waals surface area contributed by atoms with E-state index in [1.807, 2.05) is 0 Å². The summed E-state index contributed by atoms with van der Waals surface area (Å²) >= 11 is 0. The summed E-state index contributed by atoms with van der Waals surface area (Å²) in [5.41, 5.74) is 8.86. The number of benzene rings is 3. The largest absolute Gasteiger partial charge is 0.0587 e. The molecule has 0 aromatic heterocycles. The van der Waals surface area contributed by atoms with Crippen molar-refractivity contribution >= 4 is 23.8 Å². The van der Waals surface area contributed by atoms with Crippen LogP contribution in [-0.4, -0.2) is 0 Å². The minimum Gasteiger partial charge on any atom is -0.0587 e. The first-order valence-corrected chi connectivity index (χ1v) is 15.9. The number of hydrogen-bond donors (Lipinski definition) is 0. The predicted molar refractivity (Wildman–Crippen MR) is 170 cm³/mol. The number of hydrogen-bond acceptors (Lipinski definition) is 0. The highest BCUT2D eigenvalue weighted by atomic mass is 31.1. The highest BCUT2D eigenvalue weighted by Crippen LogP contribution is 2.43. The summed E-state index contributed by atoms with van der Waals surface area (Å²) in [6, 6.07) is 22.2. The van der Waals surface area contributed by atoms with Gasteiger partial charge in [0, 0.05) is 0 Å². The van der Waals surface area contributed by atoms with Crippen molar-refractivity contribution in [3.8, 4) is 0 Å². The van der Waals surface area contributed by atoms with E-state index < -0.39 is 7.92 Å². The fourth-order valence-corrected chi connectivity index (χ4v) is 8.58. The molecule has 1 heteroatoms. The highest BCUT2D eigenvalue weighted by molar-refractivity contribution is 7.80. The maximum absolute atomic E-state index is 2.57. The maximum atomic E-state index is 2.57. The molecule has 0 fully saturated rings. The Morgan fingerprint density at radius 1 is 0.351 bits per heavy atom. The lowest BCUT2D eigenvalue weighted by atomic mass is 9.96. The molecular weight excluding hydrogens is 463 g/mol. The van der Waals surface area contributed by atoms with Crippen molar-refractivity contribution in [1.29, 1.82) is 0 Å². The smallest absolute Gasteiger partial charge is 0.0113 e. The molecule has 200 valence electrons. The molecule has 0 spiro atoms. The number of rotatable bonds is 9. The predicted octanol–water partition coefficient (Wildman–Crippen LogP) is 10.2. The van der Waals surface area contributed by atoms with Gasteiger partial charge in [-0.25, -0.2) is 0 Å². The van der Waals surface area contributed by atoms with Gasteiger partial charge in [-0.15, -0.1) is 0 Å². The van der Waals surface area contributed by atoms with Crippen molar-refractivity contribution in [2.75, 3.05) is 0 Å². The van der Waals surface area contributed by atoms with Gasteiger partial charge in [-0.05, 0) is 92.7 Å². The first-order valence-electron chi connectivity index (χ1n) is 14.5. The molecule has 3 aromatic carbocycles. The zero-order valence-corrected chi connectivity index (χ0v) is 26.5. The summed E-state index contributed by atoms with van der Waals surface area (Å²) in [4.78, 5) is 0. The van der Waals surface area contributed by atoms with Gasteiger partial charge in [-0.2, -0.15) is 0 Å². The minimum absolute atomic E-state index is 0.479. The van der Waals surface area contributed by atoms with Crippen LogP contribution in [0, 0.1) is 0 Å². The van der Waals surface area contributed by atoms with Crippen LogP contribution in [0.3, 0.4) is 0 Å². The lowest BCUT2D eigenvalue weighted by molar-refractivity contribution is 0.847. The lowest BCUT2D eigenvalue weighted by Gasteiger charge is -2.31. The third-order valence-electron chi connectivity index (χ3n) is 7.75. The van der Waals surface area contributed by atoms with Crippen LogP contribution in [-0.2, 0) is 0 Å². The molecule has 0 N–H and O–H groups in total. The van der Waals surface area contributed by atoms with Gasteiger partial charge < -0.3 is 0 Å². The Labute approximate surface area is 230 Å². The molecule has 0 nitrogen and oxygen atoms in total. The molecule has 0 aliphatic rings. The van der Waals surface area contributed by atoms with E-state index in [0.29, 0.717) is 35.5 Å². The second-order valence-corrected chi connectivity index (χ2v) is 14.8. The Morgan fingerprint density at radius 2 is 0.595 bits per heavy atom. The van der Waals surface area contributed by atoms with Gasteiger partial charge in [0.05, 0.1) is 0 Å². The van der Waals surface area contributed by atoms with Crippen molar-refractivity contribution in [2.24, 2.45) is 0 Å². The van der Waals surface area contributed by atoms with Gasteiger partial charge in [0.2, 0.25) is 0 Å².